The van der Waals surface area contributed by atoms with Crippen LogP contribution in [0.4, 0.5) is 14.5 Å². The number of benzene rings is 2. The zero-order valence-electron chi connectivity index (χ0n) is 12.7. The summed E-state index contributed by atoms with van der Waals surface area (Å²) in [5, 5.41) is 0. The van der Waals surface area contributed by atoms with E-state index in [0.29, 0.717) is 23.6 Å². The van der Waals surface area contributed by atoms with Gasteiger partial charge in [-0.2, -0.15) is 0 Å². The number of methoxy groups -OCH3 is 1. The molecule has 2 aromatic carbocycles. The molecule has 0 bridgehead atoms. The molecule has 0 saturated heterocycles. The number of hydrogen-bond donors (Lipinski definition) is 1. The highest BCUT2D eigenvalue weighted by atomic mass is 19.1. The van der Waals surface area contributed by atoms with Gasteiger partial charge in [-0.25, -0.2) is 8.78 Å². The molecule has 0 aliphatic heterocycles. The highest BCUT2D eigenvalue weighted by Crippen LogP contribution is 2.35. The van der Waals surface area contributed by atoms with Gasteiger partial charge in [0, 0.05) is 0 Å². The first-order chi connectivity index (χ1) is 10.6. The molecule has 0 unspecified atom stereocenters. The topological polar surface area (TPSA) is 44.5 Å². The van der Waals surface area contributed by atoms with Crippen molar-refractivity contribution in [3.05, 3.63) is 42.0 Å². The van der Waals surface area contributed by atoms with Crippen LogP contribution in [0.25, 0.3) is 11.1 Å². The minimum Gasteiger partial charge on any atom is -0.495 e. The van der Waals surface area contributed by atoms with Crippen molar-refractivity contribution < 1.29 is 18.3 Å². The summed E-state index contributed by atoms with van der Waals surface area (Å²) in [6.07, 6.45) is 1.74. The monoisotopic (exact) mass is 307 g/mol. The molecule has 0 spiro atoms. The summed E-state index contributed by atoms with van der Waals surface area (Å²) < 4.78 is 39.0. The van der Waals surface area contributed by atoms with Gasteiger partial charge >= 0.3 is 0 Å². The first-order valence-electron chi connectivity index (χ1n) is 7.13. The van der Waals surface area contributed by atoms with Crippen LogP contribution in [0.15, 0.2) is 30.3 Å². The van der Waals surface area contributed by atoms with Crippen LogP contribution in [0, 0.1) is 11.6 Å². The number of ether oxygens (including phenoxy) is 2. The van der Waals surface area contributed by atoms with Gasteiger partial charge in [-0.15, -0.1) is 0 Å². The Labute approximate surface area is 128 Å². The number of rotatable bonds is 6. The molecule has 0 fully saturated rings. The van der Waals surface area contributed by atoms with Crippen molar-refractivity contribution in [1.29, 1.82) is 0 Å². The lowest BCUT2D eigenvalue weighted by molar-refractivity contribution is 0.294. The van der Waals surface area contributed by atoms with Crippen molar-refractivity contribution in [3.8, 4) is 22.6 Å². The first-order valence-corrected chi connectivity index (χ1v) is 7.13. The third-order valence-corrected chi connectivity index (χ3v) is 3.33. The van der Waals surface area contributed by atoms with E-state index >= 15 is 0 Å². The quantitative estimate of drug-likeness (QED) is 0.635. The van der Waals surface area contributed by atoms with Crippen molar-refractivity contribution in [1.82, 2.24) is 0 Å². The summed E-state index contributed by atoms with van der Waals surface area (Å²) >= 11 is 0. The molecule has 0 saturated carbocycles. The lowest BCUT2D eigenvalue weighted by atomic mass is 10.0. The lowest BCUT2D eigenvalue weighted by Gasteiger charge is -2.12. The highest BCUT2D eigenvalue weighted by Gasteiger charge is 2.17. The Bertz CT molecular complexity index is 659. The van der Waals surface area contributed by atoms with Gasteiger partial charge in [0.2, 0.25) is 0 Å². The molecule has 2 rings (SSSR count). The molecule has 5 heteroatoms. The number of nitrogen functional groups attached to an aromatic ring is 1. The molecule has 0 radical (unpaired) electrons. The summed E-state index contributed by atoms with van der Waals surface area (Å²) in [4.78, 5) is 0. The zero-order chi connectivity index (χ0) is 16.1. The smallest absolute Gasteiger partial charge is 0.175 e. The van der Waals surface area contributed by atoms with Gasteiger partial charge < -0.3 is 15.2 Å². The summed E-state index contributed by atoms with van der Waals surface area (Å²) in [5.74, 6) is -0.885. The Kier molecular flexibility index (Phi) is 5.20. The normalized spacial score (nSPS) is 10.5. The Morgan fingerprint density at radius 3 is 2.45 bits per heavy atom. The van der Waals surface area contributed by atoms with Crippen molar-refractivity contribution in [2.75, 3.05) is 19.5 Å². The average molecular weight is 307 g/mol. The minimum absolute atomic E-state index is 0.0410. The predicted octanol–water partition coefficient (Wildman–Crippen LogP) is 4.40. The van der Waals surface area contributed by atoms with E-state index in [1.807, 2.05) is 6.92 Å². The maximum Gasteiger partial charge on any atom is 0.175 e. The van der Waals surface area contributed by atoms with E-state index in [9.17, 15) is 8.78 Å². The third kappa shape index (κ3) is 3.30. The highest BCUT2D eigenvalue weighted by molar-refractivity contribution is 5.72. The first kappa shape index (κ1) is 16.1. The number of halogens is 2. The molecular weight excluding hydrogens is 288 g/mol. The van der Waals surface area contributed by atoms with E-state index in [1.54, 1.807) is 12.1 Å². The van der Waals surface area contributed by atoms with Gasteiger partial charge in [0.15, 0.2) is 11.6 Å². The molecular formula is C17H19F2NO2. The Balaban J connectivity index is 2.41. The molecule has 2 aromatic rings. The third-order valence-electron chi connectivity index (χ3n) is 3.33. The Morgan fingerprint density at radius 2 is 1.82 bits per heavy atom. The van der Waals surface area contributed by atoms with E-state index in [-0.39, 0.29) is 11.3 Å². The maximum atomic E-state index is 14.5. The minimum atomic E-state index is -0.722. The van der Waals surface area contributed by atoms with Gasteiger partial charge in [0.1, 0.15) is 11.6 Å². The fourth-order valence-corrected chi connectivity index (χ4v) is 2.13. The molecule has 3 nitrogen and oxygen atoms in total. The lowest BCUT2D eigenvalue weighted by Crippen LogP contribution is -2.01. The number of unbranched alkanes of at least 4 members (excludes halogenated alkanes) is 1. The van der Waals surface area contributed by atoms with Crippen molar-refractivity contribution >= 4 is 5.69 Å². The molecule has 0 aliphatic rings. The van der Waals surface area contributed by atoms with E-state index < -0.39 is 11.6 Å². The van der Waals surface area contributed by atoms with Gasteiger partial charge in [-0.1, -0.05) is 19.4 Å². The van der Waals surface area contributed by atoms with Crippen LogP contribution < -0.4 is 15.2 Å². The van der Waals surface area contributed by atoms with Crippen molar-refractivity contribution in [2.24, 2.45) is 0 Å². The fraction of sp³-hybridized carbons (Fsp3) is 0.294. The fourth-order valence-electron chi connectivity index (χ4n) is 2.13. The molecule has 0 heterocycles. The molecule has 0 atom stereocenters. The van der Waals surface area contributed by atoms with Gasteiger partial charge in [0.25, 0.3) is 0 Å². The van der Waals surface area contributed by atoms with E-state index in [1.165, 1.54) is 25.3 Å². The predicted molar refractivity (Wildman–Crippen MR) is 83.2 cm³/mol. The SMILES string of the molecule is CCCCOc1ccc(F)c(-c2ccc(OC)c(N)c2)c1F. The summed E-state index contributed by atoms with van der Waals surface area (Å²) in [6, 6.07) is 7.12. The molecule has 0 amide bonds. The molecule has 0 aromatic heterocycles. The van der Waals surface area contributed by atoms with Crippen LogP contribution in [0.2, 0.25) is 0 Å². The van der Waals surface area contributed by atoms with E-state index in [4.69, 9.17) is 15.2 Å². The summed E-state index contributed by atoms with van der Waals surface area (Å²) in [7, 11) is 1.48. The second-order valence-corrected chi connectivity index (χ2v) is 4.89. The van der Waals surface area contributed by atoms with E-state index in [0.717, 1.165) is 12.8 Å². The van der Waals surface area contributed by atoms with Crippen LogP contribution >= 0.6 is 0 Å². The Hall–Kier alpha value is -2.30. The molecule has 118 valence electrons. The number of nitrogens with two attached hydrogens (primary N) is 1. The van der Waals surface area contributed by atoms with E-state index in [2.05, 4.69) is 0 Å². The van der Waals surface area contributed by atoms with Gasteiger partial charge in [-0.3, -0.25) is 0 Å². The molecule has 0 aliphatic carbocycles. The summed E-state index contributed by atoms with van der Waals surface area (Å²) in [5.41, 5.74) is 6.31. The zero-order valence-corrected chi connectivity index (χ0v) is 12.7. The van der Waals surface area contributed by atoms with Crippen LogP contribution in [-0.4, -0.2) is 13.7 Å². The standard InChI is InChI=1S/C17H19F2NO2/c1-3-4-9-22-15-8-6-12(18)16(17(15)19)11-5-7-14(21-2)13(20)10-11/h5-8,10H,3-4,9,20H2,1-2H3. The molecule has 22 heavy (non-hydrogen) atoms. The summed E-state index contributed by atoms with van der Waals surface area (Å²) in [6.45, 7) is 2.40. The van der Waals surface area contributed by atoms with Crippen molar-refractivity contribution in [3.63, 3.8) is 0 Å². The van der Waals surface area contributed by atoms with Crippen LogP contribution in [-0.2, 0) is 0 Å². The van der Waals surface area contributed by atoms with Crippen molar-refractivity contribution in [2.45, 2.75) is 19.8 Å². The average Bonchev–Trinajstić information content (AvgIpc) is 2.50. The Morgan fingerprint density at radius 1 is 1.09 bits per heavy atom. The second kappa shape index (κ2) is 7.11. The number of anilines is 1. The maximum absolute atomic E-state index is 14.5. The van der Waals surface area contributed by atoms with Crippen LogP contribution in [0.3, 0.4) is 0 Å². The van der Waals surface area contributed by atoms with Crippen LogP contribution in [0.5, 0.6) is 11.5 Å². The second-order valence-electron chi connectivity index (χ2n) is 4.89. The largest absolute Gasteiger partial charge is 0.495 e. The number of hydrogen-bond acceptors (Lipinski definition) is 3. The molecule has 2 N–H and O–H groups in total. The van der Waals surface area contributed by atoms with Gasteiger partial charge in [-0.05, 0) is 36.2 Å². The van der Waals surface area contributed by atoms with Crippen LogP contribution in [0.1, 0.15) is 19.8 Å². The van der Waals surface area contributed by atoms with Gasteiger partial charge in [0.05, 0.1) is 25.0 Å².